The van der Waals surface area contributed by atoms with Crippen molar-refractivity contribution in [3.05, 3.63) is 22.4 Å². The fourth-order valence-electron chi connectivity index (χ4n) is 2.82. The smallest absolute Gasteiger partial charge is 0.241 e. The molecule has 0 spiro atoms. The van der Waals surface area contributed by atoms with E-state index >= 15 is 0 Å². The highest BCUT2D eigenvalue weighted by Gasteiger charge is 2.40. The van der Waals surface area contributed by atoms with Crippen molar-refractivity contribution in [2.75, 3.05) is 19.6 Å². The Morgan fingerprint density at radius 2 is 2.15 bits per heavy atom. The summed E-state index contributed by atoms with van der Waals surface area (Å²) in [6, 6.07) is 4.26. The van der Waals surface area contributed by atoms with Crippen molar-refractivity contribution in [1.29, 1.82) is 0 Å². The molecule has 0 bridgehead atoms. The van der Waals surface area contributed by atoms with E-state index < -0.39 is 0 Å². The third kappa shape index (κ3) is 3.05. The molecular formula is C15H25N3OS. The van der Waals surface area contributed by atoms with Gasteiger partial charge in [0.15, 0.2) is 0 Å². The van der Waals surface area contributed by atoms with E-state index in [2.05, 4.69) is 42.4 Å². The third-order valence-corrected chi connectivity index (χ3v) is 4.94. The summed E-state index contributed by atoms with van der Waals surface area (Å²) < 4.78 is 0. The molecule has 1 fully saturated rings. The van der Waals surface area contributed by atoms with Gasteiger partial charge in [-0.2, -0.15) is 0 Å². The van der Waals surface area contributed by atoms with E-state index in [9.17, 15) is 4.79 Å². The largest absolute Gasteiger partial charge is 0.317 e. The maximum absolute atomic E-state index is 12.5. The van der Waals surface area contributed by atoms with Crippen LogP contribution in [0.15, 0.2) is 17.5 Å². The molecule has 112 valence electrons. The highest BCUT2D eigenvalue weighted by molar-refractivity contribution is 7.10. The molecule has 1 aliphatic heterocycles. The lowest BCUT2D eigenvalue weighted by molar-refractivity contribution is -0.132. The highest BCUT2D eigenvalue weighted by atomic mass is 32.1. The first-order valence-corrected chi connectivity index (χ1v) is 8.30. The predicted molar refractivity (Wildman–Crippen MR) is 83.8 cm³/mol. The van der Waals surface area contributed by atoms with Crippen molar-refractivity contribution in [2.24, 2.45) is 0 Å². The van der Waals surface area contributed by atoms with Crippen molar-refractivity contribution < 1.29 is 4.79 Å². The Kier molecular flexibility index (Phi) is 5.18. The van der Waals surface area contributed by atoms with Gasteiger partial charge < -0.3 is 9.80 Å². The molecule has 0 aromatic carbocycles. The van der Waals surface area contributed by atoms with Gasteiger partial charge in [0, 0.05) is 17.5 Å². The van der Waals surface area contributed by atoms with E-state index in [1.807, 2.05) is 17.9 Å². The number of rotatable bonds is 6. The summed E-state index contributed by atoms with van der Waals surface area (Å²) in [7, 11) is 0. The molecule has 2 heterocycles. The van der Waals surface area contributed by atoms with Gasteiger partial charge in [-0.15, -0.1) is 11.3 Å². The molecule has 0 saturated carbocycles. The molecule has 5 heteroatoms. The molecule has 1 amide bonds. The van der Waals surface area contributed by atoms with Crippen molar-refractivity contribution in [3.63, 3.8) is 0 Å². The van der Waals surface area contributed by atoms with Gasteiger partial charge >= 0.3 is 0 Å². The van der Waals surface area contributed by atoms with Gasteiger partial charge in [0.1, 0.15) is 6.17 Å². The van der Waals surface area contributed by atoms with Crippen LogP contribution in [0.4, 0.5) is 0 Å². The Morgan fingerprint density at radius 3 is 2.70 bits per heavy atom. The molecule has 0 aliphatic carbocycles. The first-order valence-electron chi connectivity index (χ1n) is 7.42. The zero-order valence-electron chi connectivity index (χ0n) is 12.8. The fourth-order valence-corrected chi connectivity index (χ4v) is 3.60. The summed E-state index contributed by atoms with van der Waals surface area (Å²) in [5.74, 6) is 0.211. The average molecular weight is 295 g/mol. The molecular weight excluding hydrogens is 270 g/mol. The van der Waals surface area contributed by atoms with E-state index in [4.69, 9.17) is 0 Å². The number of nitrogens with one attached hydrogen (secondary N) is 1. The fraction of sp³-hybridized carbons (Fsp3) is 0.667. The van der Waals surface area contributed by atoms with Crippen LogP contribution in [0.2, 0.25) is 0 Å². The monoisotopic (exact) mass is 295 g/mol. The van der Waals surface area contributed by atoms with Crippen LogP contribution in [-0.4, -0.2) is 47.4 Å². The normalized spacial score (nSPS) is 24.6. The van der Waals surface area contributed by atoms with Crippen LogP contribution >= 0.6 is 11.3 Å². The van der Waals surface area contributed by atoms with Gasteiger partial charge in [-0.05, 0) is 38.4 Å². The van der Waals surface area contributed by atoms with Crippen molar-refractivity contribution >= 4 is 17.2 Å². The second kappa shape index (κ2) is 6.70. The van der Waals surface area contributed by atoms with Gasteiger partial charge in [-0.1, -0.05) is 19.9 Å². The highest BCUT2D eigenvalue weighted by Crippen LogP contribution is 2.30. The Morgan fingerprint density at radius 1 is 1.45 bits per heavy atom. The quantitative estimate of drug-likeness (QED) is 0.875. The molecule has 1 aromatic heterocycles. The number of hydrogen-bond acceptors (Lipinski definition) is 4. The molecule has 1 saturated heterocycles. The summed E-state index contributed by atoms with van der Waals surface area (Å²) >= 11 is 1.71. The summed E-state index contributed by atoms with van der Waals surface area (Å²) in [6.07, 6.45) is 0.0306. The summed E-state index contributed by atoms with van der Waals surface area (Å²) in [6.45, 7) is 11.4. The molecule has 0 radical (unpaired) electrons. The van der Waals surface area contributed by atoms with E-state index in [0.717, 1.165) is 19.6 Å². The average Bonchev–Trinajstić information content (AvgIpc) is 3.05. The van der Waals surface area contributed by atoms with Crippen LogP contribution in [0.3, 0.4) is 0 Å². The van der Waals surface area contributed by atoms with Crippen LogP contribution in [0.25, 0.3) is 0 Å². The van der Waals surface area contributed by atoms with E-state index in [1.54, 1.807) is 11.3 Å². The predicted octanol–water partition coefficient (Wildman–Crippen LogP) is 2.30. The number of nitrogens with zero attached hydrogens (tertiary/aromatic N) is 2. The molecule has 20 heavy (non-hydrogen) atoms. The minimum Gasteiger partial charge on any atom is -0.317 e. The first kappa shape index (κ1) is 15.5. The number of carbonyl (C=O) groups is 1. The van der Waals surface area contributed by atoms with Crippen molar-refractivity contribution in [2.45, 2.75) is 45.9 Å². The van der Waals surface area contributed by atoms with Crippen LogP contribution in [0.5, 0.6) is 0 Å². The Labute approximate surface area is 125 Å². The third-order valence-electron chi connectivity index (χ3n) is 4.02. The second-order valence-electron chi connectivity index (χ2n) is 5.39. The summed E-state index contributed by atoms with van der Waals surface area (Å²) in [5.41, 5.74) is 0. The maximum atomic E-state index is 12.5. The standard InChI is InChI=1S/C15H25N3OS/c1-5-17(6-2)10-11(3)18-14(13-8-7-9-20-13)16-12(4)15(18)19/h7-9,11-12,14,16H,5-6,10H2,1-4H3. The molecule has 1 aromatic rings. The number of hydrogen-bond donors (Lipinski definition) is 1. The molecule has 4 nitrogen and oxygen atoms in total. The van der Waals surface area contributed by atoms with Gasteiger partial charge in [0.25, 0.3) is 0 Å². The number of carbonyl (C=O) groups excluding carboxylic acids is 1. The molecule has 3 atom stereocenters. The van der Waals surface area contributed by atoms with Crippen molar-refractivity contribution in [3.8, 4) is 0 Å². The Bertz CT molecular complexity index is 430. The lowest BCUT2D eigenvalue weighted by atomic mass is 10.2. The van der Waals surface area contributed by atoms with Crippen molar-refractivity contribution in [1.82, 2.24) is 15.1 Å². The lowest BCUT2D eigenvalue weighted by Gasteiger charge is -2.33. The van der Waals surface area contributed by atoms with Gasteiger partial charge in [0.2, 0.25) is 5.91 Å². The molecule has 1 aliphatic rings. The first-order chi connectivity index (χ1) is 9.58. The van der Waals surface area contributed by atoms with E-state index in [1.165, 1.54) is 4.88 Å². The van der Waals surface area contributed by atoms with E-state index in [0.29, 0.717) is 0 Å². The summed E-state index contributed by atoms with van der Waals surface area (Å²) in [5, 5.41) is 5.48. The minimum absolute atomic E-state index is 0.0306. The van der Waals surface area contributed by atoms with Crippen LogP contribution < -0.4 is 5.32 Å². The molecule has 2 rings (SSSR count). The Hall–Kier alpha value is -0.910. The second-order valence-corrected chi connectivity index (χ2v) is 6.37. The van der Waals surface area contributed by atoms with Crippen LogP contribution in [0.1, 0.15) is 38.7 Å². The number of likely N-dealkylation sites (N-methyl/N-ethyl adjacent to an activating group) is 1. The van der Waals surface area contributed by atoms with Crippen LogP contribution in [-0.2, 0) is 4.79 Å². The topological polar surface area (TPSA) is 35.6 Å². The van der Waals surface area contributed by atoms with Gasteiger partial charge in [0.05, 0.1) is 6.04 Å². The molecule has 3 unspecified atom stereocenters. The zero-order valence-corrected chi connectivity index (χ0v) is 13.6. The van der Waals surface area contributed by atoms with E-state index in [-0.39, 0.29) is 24.2 Å². The van der Waals surface area contributed by atoms with Gasteiger partial charge in [-0.25, -0.2) is 0 Å². The summed E-state index contributed by atoms with van der Waals surface area (Å²) in [4.78, 5) is 18.1. The zero-order chi connectivity index (χ0) is 14.7. The maximum Gasteiger partial charge on any atom is 0.241 e. The Balaban J connectivity index is 2.15. The van der Waals surface area contributed by atoms with Crippen LogP contribution in [0, 0.1) is 0 Å². The number of amides is 1. The SMILES string of the molecule is CCN(CC)CC(C)N1C(=O)C(C)NC1c1cccs1. The minimum atomic E-state index is -0.0961. The molecule has 1 N–H and O–H groups in total. The number of thiophene rings is 1. The van der Waals surface area contributed by atoms with Gasteiger partial charge in [-0.3, -0.25) is 10.1 Å². The lowest BCUT2D eigenvalue weighted by Crippen LogP contribution is -2.45.